The maximum atomic E-state index is 10.7. The Morgan fingerprint density at radius 2 is 2.31 bits per heavy atom. The Morgan fingerprint density at radius 3 is 3.08 bits per heavy atom. The highest BCUT2D eigenvalue weighted by Crippen LogP contribution is 2.34. The number of nitrogen functional groups attached to an aromatic ring is 1. The number of anilines is 1. The zero-order chi connectivity index (χ0) is 9.26. The van der Waals surface area contributed by atoms with E-state index >= 15 is 0 Å². The normalized spacial score (nSPS) is 18.9. The molecule has 0 aromatic heterocycles. The molecule has 0 radical (unpaired) electrons. The molecule has 2 N–H and O–H groups in total. The van der Waals surface area contributed by atoms with Crippen LogP contribution in [0, 0.1) is 0 Å². The number of hydrogen-bond acceptors (Lipinski definition) is 3. The molecule has 1 aliphatic heterocycles. The summed E-state index contributed by atoms with van der Waals surface area (Å²) in [6.07, 6.45) is 4.07. The molecular formula is C10H9NO2. The highest BCUT2D eigenvalue weighted by atomic mass is 16.5. The number of aldehydes is 1. The Labute approximate surface area is 75.8 Å². The zero-order valence-electron chi connectivity index (χ0n) is 6.94. The Balaban J connectivity index is 2.56. The predicted octanol–water partition coefficient (Wildman–Crippen LogP) is 1.46. The molecule has 0 aliphatic carbocycles. The van der Waals surface area contributed by atoms with E-state index in [1.165, 1.54) is 6.26 Å². The van der Waals surface area contributed by atoms with Crippen molar-refractivity contribution in [3.63, 3.8) is 0 Å². The van der Waals surface area contributed by atoms with Gasteiger partial charge in [0.2, 0.25) is 0 Å². The predicted molar refractivity (Wildman–Crippen MR) is 49.4 cm³/mol. The lowest BCUT2D eigenvalue weighted by Crippen LogP contribution is -2.06. The summed E-state index contributed by atoms with van der Waals surface area (Å²) in [7, 11) is 0. The van der Waals surface area contributed by atoms with Crippen molar-refractivity contribution in [2.75, 3.05) is 5.73 Å². The molecule has 1 unspecified atom stereocenters. The van der Waals surface area contributed by atoms with E-state index in [9.17, 15) is 4.79 Å². The Kier molecular flexibility index (Phi) is 1.77. The van der Waals surface area contributed by atoms with E-state index in [4.69, 9.17) is 10.5 Å². The van der Waals surface area contributed by atoms with E-state index in [-0.39, 0.29) is 5.92 Å². The SMILES string of the molecule is Nc1cccc2c1OC=CC2C=O. The fraction of sp³-hybridized carbons (Fsp3) is 0.100. The van der Waals surface area contributed by atoms with Gasteiger partial charge in [0.1, 0.15) is 6.29 Å². The lowest BCUT2D eigenvalue weighted by Gasteiger charge is -2.17. The number of allylic oxidation sites excluding steroid dienone is 1. The molecule has 1 aromatic carbocycles. The third kappa shape index (κ3) is 1.18. The van der Waals surface area contributed by atoms with Crippen LogP contribution < -0.4 is 10.5 Å². The number of para-hydroxylation sites is 1. The van der Waals surface area contributed by atoms with Gasteiger partial charge < -0.3 is 15.3 Å². The molecule has 0 saturated heterocycles. The fourth-order valence-corrected chi connectivity index (χ4v) is 1.39. The highest BCUT2D eigenvalue weighted by Gasteiger charge is 2.18. The van der Waals surface area contributed by atoms with E-state index in [1.54, 1.807) is 12.1 Å². The van der Waals surface area contributed by atoms with Gasteiger partial charge in [-0.05, 0) is 12.1 Å². The number of rotatable bonds is 1. The van der Waals surface area contributed by atoms with Crippen LogP contribution >= 0.6 is 0 Å². The van der Waals surface area contributed by atoms with Crippen molar-refractivity contribution in [3.8, 4) is 5.75 Å². The quantitative estimate of drug-likeness (QED) is 0.519. The van der Waals surface area contributed by atoms with Crippen molar-refractivity contribution in [2.24, 2.45) is 0 Å². The van der Waals surface area contributed by atoms with Gasteiger partial charge in [0.25, 0.3) is 0 Å². The average molecular weight is 175 g/mol. The molecule has 0 saturated carbocycles. The van der Waals surface area contributed by atoms with Crippen LogP contribution in [0.25, 0.3) is 0 Å². The van der Waals surface area contributed by atoms with Gasteiger partial charge in [0, 0.05) is 5.56 Å². The maximum absolute atomic E-state index is 10.7. The Morgan fingerprint density at radius 1 is 1.46 bits per heavy atom. The monoisotopic (exact) mass is 175 g/mol. The van der Waals surface area contributed by atoms with Gasteiger partial charge in [0.05, 0.1) is 17.9 Å². The highest BCUT2D eigenvalue weighted by molar-refractivity contribution is 5.72. The molecule has 1 aliphatic rings. The van der Waals surface area contributed by atoms with Crippen LogP contribution in [0.15, 0.2) is 30.5 Å². The second kappa shape index (κ2) is 2.94. The molecule has 1 heterocycles. The number of carbonyl (C=O) groups is 1. The van der Waals surface area contributed by atoms with Crippen molar-refractivity contribution >= 4 is 12.0 Å². The van der Waals surface area contributed by atoms with Gasteiger partial charge in [-0.15, -0.1) is 0 Å². The smallest absolute Gasteiger partial charge is 0.153 e. The first-order valence-electron chi connectivity index (χ1n) is 4.00. The summed E-state index contributed by atoms with van der Waals surface area (Å²) in [6.45, 7) is 0. The van der Waals surface area contributed by atoms with Crippen molar-refractivity contribution in [1.29, 1.82) is 0 Å². The van der Waals surface area contributed by atoms with Crippen LogP contribution in [0.1, 0.15) is 11.5 Å². The number of benzene rings is 1. The topological polar surface area (TPSA) is 52.3 Å². The van der Waals surface area contributed by atoms with Crippen LogP contribution in [-0.4, -0.2) is 6.29 Å². The minimum atomic E-state index is -0.229. The number of fused-ring (bicyclic) bond motifs is 1. The molecule has 0 amide bonds. The van der Waals surface area contributed by atoms with Crippen LogP contribution in [0.2, 0.25) is 0 Å². The van der Waals surface area contributed by atoms with Crippen LogP contribution in [0.4, 0.5) is 5.69 Å². The molecular weight excluding hydrogens is 166 g/mol. The van der Waals surface area contributed by atoms with Crippen LogP contribution in [0.3, 0.4) is 0 Å². The summed E-state index contributed by atoms with van der Waals surface area (Å²) in [5.41, 5.74) is 7.08. The fourth-order valence-electron chi connectivity index (χ4n) is 1.39. The molecule has 0 bridgehead atoms. The standard InChI is InChI=1S/C10H9NO2/c11-9-3-1-2-8-7(6-12)4-5-13-10(8)9/h1-7H,11H2. The first-order valence-corrected chi connectivity index (χ1v) is 4.00. The summed E-state index contributed by atoms with van der Waals surface area (Å²) in [4.78, 5) is 10.7. The number of carbonyl (C=O) groups excluding carboxylic acids is 1. The summed E-state index contributed by atoms with van der Waals surface area (Å²) >= 11 is 0. The molecule has 13 heavy (non-hydrogen) atoms. The van der Waals surface area contributed by atoms with E-state index in [0.29, 0.717) is 11.4 Å². The zero-order valence-corrected chi connectivity index (χ0v) is 6.94. The number of nitrogens with two attached hydrogens (primary N) is 1. The molecule has 3 heteroatoms. The second-order valence-corrected chi connectivity index (χ2v) is 2.87. The first kappa shape index (κ1) is 7.86. The lowest BCUT2D eigenvalue weighted by atomic mass is 9.97. The molecule has 1 atom stereocenters. The molecule has 2 rings (SSSR count). The third-order valence-electron chi connectivity index (χ3n) is 2.05. The van der Waals surface area contributed by atoms with Gasteiger partial charge in [-0.3, -0.25) is 0 Å². The second-order valence-electron chi connectivity index (χ2n) is 2.87. The van der Waals surface area contributed by atoms with Gasteiger partial charge in [-0.1, -0.05) is 12.1 Å². The van der Waals surface area contributed by atoms with Gasteiger partial charge in [0.15, 0.2) is 5.75 Å². The number of ether oxygens (including phenoxy) is 1. The molecule has 0 spiro atoms. The largest absolute Gasteiger partial charge is 0.463 e. The molecule has 3 nitrogen and oxygen atoms in total. The molecule has 66 valence electrons. The molecule has 0 fully saturated rings. The van der Waals surface area contributed by atoms with Crippen molar-refractivity contribution in [2.45, 2.75) is 5.92 Å². The summed E-state index contributed by atoms with van der Waals surface area (Å²) in [6, 6.07) is 5.40. The van der Waals surface area contributed by atoms with Crippen molar-refractivity contribution in [1.82, 2.24) is 0 Å². The summed E-state index contributed by atoms with van der Waals surface area (Å²) < 4.78 is 5.22. The summed E-state index contributed by atoms with van der Waals surface area (Å²) in [5, 5.41) is 0. The van der Waals surface area contributed by atoms with Crippen LogP contribution in [0.5, 0.6) is 5.75 Å². The minimum absolute atomic E-state index is 0.229. The molecule has 1 aromatic rings. The van der Waals surface area contributed by atoms with Crippen LogP contribution in [-0.2, 0) is 4.79 Å². The first-order chi connectivity index (χ1) is 6.33. The van der Waals surface area contributed by atoms with Crippen molar-refractivity contribution < 1.29 is 9.53 Å². The Bertz CT molecular complexity index is 371. The minimum Gasteiger partial charge on any atom is -0.463 e. The van der Waals surface area contributed by atoms with Gasteiger partial charge in [-0.2, -0.15) is 0 Å². The Hall–Kier alpha value is -1.77. The third-order valence-corrected chi connectivity index (χ3v) is 2.05. The number of hydrogen-bond donors (Lipinski definition) is 1. The van der Waals surface area contributed by atoms with Gasteiger partial charge >= 0.3 is 0 Å². The van der Waals surface area contributed by atoms with Crippen molar-refractivity contribution in [3.05, 3.63) is 36.1 Å². The average Bonchev–Trinajstić information content (AvgIpc) is 2.18. The summed E-state index contributed by atoms with van der Waals surface area (Å²) in [5.74, 6) is 0.370. The van der Waals surface area contributed by atoms with E-state index < -0.39 is 0 Å². The maximum Gasteiger partial charge on any atom is 0.153 e. The van der Waals surface area contributed by atoms with Gasteiger partial charge in [-0.25, -0.2) is 0 Å². The van der Waals surface area contributed by atoms with E-state index in [0.717, 1.165) is 11.8 Å². The van der Waals surface area contributed by atoms with E-state index in [1.807, 2.05) is 12.1 Å². The van der Waals surface area contributed by atoms with E-state index in [2.05, 4.69) is 0 Å². The lowest BCUT2D eigenvalue weighted by molar-refractivity contribution is -0.108.